The Kier molecular flexibility index (Phi) is 5.56. The molecule has 2 aromatic rings. The van der Waals surface area contributed by atoms with Crippen LogP contribution in [0.25, 0.3) is 10.9 Å². The molecule has 0 radical (unpaired) electrons. The van der Waals surface area contributed by atoms with E-state index in [1.165, 1.54) is 7.11 Å². The lowest BCUT2D eigenvalue weighted by Crippen LogP contribution is -2.41. The van der Waals surface area contributed by atoms with Crippen molar-refractivity contribution in [3.8, 4) is 0 Å². The number of aromatic nitrogens is 1. The van der Waals surface area contributed by atoms with E-state index >= 15 is 0 Å². The van der Waals surface area contributed by atoms with Gasteiger partial charge in [0, 0.05) is 29.6 Å². The van der Waals surface area contributed by atoms with Gasteiger partial charge >= 0.3 is 5.97 Å². The van der Waals surface area contributed by atoms with Gasteiger partial charge in [0.1, 0.15) is 0 Å². The molecule has 27 heavy (non-hydrogen) atoms. The summed E-state index contributed by atoms with van der Waals surface area (Å²) in [6.07, 6.45) is 1.74. The van der Waals surface area contributed by atoms with Crippen LogP contribution in [0.15, 0.2) is 24.3 Å². The quantitative estimate of drug-likeness (QED) is 0.710. The van der Waals surface area contributed by atoms with Crippen LogP contribution in [0.1, 0.15) is 48.8 Å². The van der Waals surface area contributed by atoms with Crippen LogP contribution in [0.2, 0.25) is 0 Å². The number of methoxy groups -OCH3 is 1. The Bertz CT molecular complexity index is 817. The first kappa shape index (κ1) is 19.8. The zero-order valence-corrected chi connectivity index (χ0v) is 16.5. The zero-order valence-electron chi connectivity index (χ0n) is 16.5. The Morgan fingerprint density at radius 2 is 1.93 bits per heavy atom. The van der Waals surface area contributed by atoms with Gasteiger partial charge in [0.05, 0.1) is 19.2 Å². The molecule has 0 saturated carbocycles. The van der Waals surface area contributed by atoms with E-state index < -0.39 is 5.92 Å². The molecule has 6 heteroatoms. The number of para-hydroxylation sites is 1. The van der Waals surface area contributed by atoms with E-state index in [1.54, 1.807) is 0 Å². The van der Waals surface area contributed by atoms with Crippen LogP contribution in [-0.2, 0) is 4.74 Å². The van der Waals surface area contributed by atoms with Crippen molar-refractivity contribution in [1.29, 1.82) is 0 Å². The number of ether oxygens (including phenoxy) is 1. The van der Waals surface area contributed by atoms with Crippen LogP contribution in [-0.4, -0.2) is 48.1 Å². The van der Waals surface area contributed by atoms with Gasteiger partial charge in [-0.2, -0.15) is 0 Å². The number of rotatable bonds is 5. The summed E-state index contributed by atoms with van der Waals surface area (Å²) >= 11 is 0. The molecule has 2 heterocycles. The third-order valence-electron chi connectivity index (χ3n) is 5.77. The number of piperidine rings is 1. The highest BCUT2D eigenvalue weighted by Gasteiger charge is 2.32. The van der Waals surface area contributed by atoms with E-state index in [1.807, 2.05) is 36.1 Å². The van der Waals surface area contributed by atoms with Gasteiger partial charge in [0.15, 0.2) is 0 Å². The Balaban J connectivity index is 1.86. The highest BCUT2D eigenvalue weighted by Crippen LogP contribution is 2.36. The summed E-state index contributed by atoms with van der Waals surface area (Å²) in [7, 11) is 1.40. The fourth-order valence-corrected chi connectivity index (χ4v) is 4.47. The average molecular weight is 378 g/mol. The van der Waals surface area contributed by atoms with Crippen molar-refractivity contribution in [2.45, 2.75) is 45.6 Å². The van der Waals surface area contributed by atoms with Gasteiger partial charge in [-0.1, -0.05) is 18.2 Å². The number of carbonyl (C=O) groups excluding carboxylic acids is 1. The number of halogens is 2. The summed E-state index contributed by atoms with van der Waals surface area (Å²) in [5, 5.41) is 0.900. The van der Waals surface area contributed by atoms with Crippen LogP contribution in [0.5, 0.6) is 0 Å². The van der Waals surface area contributed by atoms with Crippen molar-refractivity contribution in [3.05, 3.63) is 35.5 Å². The van der Waals surface area contributed by atoms with Crippen LogP contribution in [0.4, 0.5) is 8.78 Å². The van der Waals surface area contributed by atoms with Crippen molar-refractivity contribution in [1.82, 2.24) is 9.47 Å². The molecule has 1 aliphatic rings. The molecular weight excluding hydrogens is 350 g/mol. The monoisotopic (exact) mass is 378 g/mol. The number of alkyl halides is 2. The van der Waals surface area contributed by atoms with Gasteiger partial charge in [-0.05, 0) is 51.8 Å². The van der Waals surface area contributed by atoms with Crippen molar-refractivity contribution >= 4 is 16.9 Å². The average Bonchev–Trinajstić information content (AvgIpc) is 2.91. The third-order valence-corrected chi connectivity index (χ3v) is 5.77. The van der Waals surface area contributed by atoms with E-state index in [0.717, 1.165) is 36.4 Å². The topological polar surface area (TPSA) is 34.5 Å². The van der Waals surface area contributed by atoms with Gasteiger partial charge in [0.2, 0.25) is 0 Å². The summed E-state index contributed by atoms with van der Waals surface area (Å²) in [6.45, 7) is 6.28. The Labute approximate surface area is 159 Å². The van der Waals surface area contributed by atoms with Gasteiger partial charge in [-0.15, -0.1) is 0 Å². The molecular formula is C21H28F2N2O2. The van der Waals surface area contributed by atoms with Crippen LogP contribution < -0.4 is 0 Å². The van der Waals surface area contributed by atoms with Crippen molar-refractivity contribution < 1.29 is 18.3 Å². The maximum absolute atomic E-state index is 13.3. The first-order chi connectivity index (χ1) is 12.7. The molecule has 0 aliphatic carbocycles. The maximum atomic E-state index is 13.3. The molecule has 0 spiro atoms. The first-order valence-electron chi connectivity index (χ1n) is 9.51. The number of carbonyl (C=O) groups is 1. The molecule has 4 nitrogen and oxygen atoms in total. The molecule has 1 fully saturated rings. The summed E-state index contributed by atoms with van der Waals surface area (Å²) in [4.78, 5) is 14.2. The highest BCUT2D eigenvalue weighted by atomic mass is 19.3. The molecule has 1 saturated heterocycles. The second kappa shape index (κ2) is 7.58. The minimum absolute atomic E-state index is 0.175. The molecule has 1 atom stereocenters. The molecule has 0 N–H and O–H groups in total. The van der Waals surface area contributed by atoms with Crippen LogP contribution >= 0.6 is 0 Å². The zero-order chi connectivity index (χ0) is 19.8. The normalized spacial score (nSPS) is 18.0. The molecule has 1 aromatic carbocycles. The van der Waals surface area contributed by atoms with Crippen molar-refractivity contribution in [2.75, 3.05) is 26.7 Å². The third kappa shape index (κ3) is 4.00. The minimum Gasteiger partial charge on any atom is -0.465 e. The maximum Gasteiger partial charge on any atom is 0.340 e. The number of likely N-dealkylation sites (tertiary alicyclic amines) is 1. The lowest BCUT2D eigenvalue weighted by atomic mass is 9.89. The van der Waals surface area contributed by atoms with Gasteiger partial charge in [0.25, 0.3) is 5.92 Å². The smallest absolute Gasteiger partial charge is 0.340 e. The molecule has 148 valence electrons. The molecule has 1 aliphatic heterocycles. The van der Waals surface area contributed by atoms with Crippen LogP contribution in [0, 0.1) is 12.8 Å². The van der Waals surface area contributed by atoms with E-state index in [2.05, 4.69) is 11.5 Å². The Morgan fingerprint density at radius 1 is 1.30 bits per heavy atom. The summed E-state index contributed by atoms with van der Waals surface area (Å²) in [5.74, 6) is -2.59. The number of nitrogens with zero attached hydrogens (tertiary/aromatic N) is 2. The minimum atomic E-state index is -2.65. The SMILES string of the molecule is COC(=O)c1c(C)n(C(C)C2CCN(CC(C)(F)F)CC2)c2ccccc12. The Morgan fingerprint density at radius 3 is 2.52 bits per heavy atom. The van der Waals surface area contributed by atoms with Crippen molar-refractivity contribution in [2.24, 2.45) is 5.92 Å². The fourth-order valence-electron chi connectivity index (χ4n) is 4.47. The predicted molar refractivity (Wildman–Crippen MR) is 103 cm³/mol. The van der Waals surface area contributed by atoms with E-state index in [9.17, 15) is 13.6 Å². The van der Waals surface area contributed by atoms with Gasteiger partial charge in [-0.25, -0.2) is 13.6 Å². The summed E-state index contributed by atoms with van der Waals surface area (Å²) in [5.41, 5.74) is 2.53. The standard InChI is InChI=1S/C21H28F2N2O2/c1-14(16-9-11-24(12-10-16)13-21(3,22)23)25-15(2)19(20(26)27-4)17-7-5-6-8-18(17)25/h5-8,14,16H,9-13H2,1-4H3. The van der Waals surface area contributed by atoms with E-state index in [0.29, 0.717) is 24.6 Å². The lowest BCUT2D eigenvalue weighted by molar-refractivity contribution is -0.0239. The summed E-state index contributed by atoms with van der Waals surface area (Å²) in [6, 6.07) is 8.05. The second-order valence-corrected chi connectivity index (χ2v) is 7.76. The fraction of sp³-hybridized carbons (Fsp3) is 0.571. The van der Waals surface area contributed by atoms with Crippen LogP contribution in [0.3, 0.4) is 0 Å². The number of hydrogen-bond acceptors (Lipinski definition) is 3. The molecule has 1 unspecified atom stereocenters. The largest absolute Gasteiger partial charge is 0.465 e. The predicted octanol–water partition coefficient (Wildman–Crippen LogP) is 4.66. The first-order valence-corrected chi connectivity index (χ1v) is 9.51. The molecule has 0 amide bonds. The number of hydrogen-bond donors (Lipinski definition) is 0. The van der Waals surface area contributed by atoms with Crippen molar-refractivity contribution in [3.63, 3.8) is 0 Å². The molecule has 0 bridgehead atoms. The number of esters is 1. The van der Waals surface area contributed by atoms with Gasteiger partial charge < -0.3 is 9.30 Å². The van der Waals surface area contributed by atoms with Gasteiger partial charge in [-0.3, -0.25) is 4.90 Å². The number of benzene rings is 1. The second-order valence-electron chi connectivity index (χ2n) is 7.76. The molecule has 3 rings (SSSR count). The number of fused-ring (bicyclic) bond motifs is 1. The van der Waals surface area contributed by atoms with E-state index in [-0.39, 0.29) is 18.6 Å². The highest BCUT2D eigenvalue weighted by molar-refractivity contribution is 6.05. The summed E-state index contributed by atoms with van der Waals surface area (Å²) < 4.78 is 33.8. The van der Waals surface area contributed by atoms with E-state index in [4.69, 9.17) is 4.74 Å². The lowest BCUT2D eigenvalue weighted by Gasteiger charge is -2.37. The molecule has 1 aromatic heterocycles. The Hall–Kier alpha value is -1.95.